The van der Waals surface area contributed by atoms with Crippen molar-refractivity contribution in [3.05, 3.63) is 46.1 Å². The molecule has 39 heavy (non-hydrogen) atoms. The maximum atomic E-state index is 9.78. The fraction of sp³-hybridized carbons (Fsp3) is 0.429. The first-order valence-electron chi connectivity index (χ1n) is 12.7. The number of aromatic nitrogens is 1. The minimum Gasteiger partial charge on any atom is -0.495 e. The van der Waals surface area contributed by atoms with Gasteiger partial charge in [-0.15, -0.1) is 0 Å². The van der Waals surface area contributed by atoms with Crippen LogP contribution in [0.25, 0.3) is 10.9 Å². The Morgan fingerprint density at radius 2 is 1.62 bits per heavy atom. The summed E-state index contributed by atoms with van der Waals surface area (Å²) in [6.07, 6.45) is 2.41. The van der Waals surface area contributed by atoms with Crippen LogP contribution in [0.3, 0.4) is 0 Å². The molecule has 11 heteroatoms. The van der Waals surface area contributed by atoms with E-state index in [-0.39, 0.29) is 0 Å². The summed E-state index contributed by atoms with van der Waals surface area (Å²) in [7, 11) is 4.86. The van der Waals surface area contributed by atoms with Crippen molar-refractivity contribution in [2.45, 2.75) is 6.42 Å². The molecule has 1 fully saturated rings. The Labute approximate surface area is 239 Å². The lowest BCUT2D eigenvalue weighted by molar-refractivity contribution is 0.0941. The number of pyridine rings is 1. The fourth-order valence-corrected chi connectivity index (χ4v) is 5.04. The Morgan fingerprint density at radius 3 is 2.28 bits per heavy atom. The molecule has 0 aliphatic carbocycles. The molecule has 0 amide bonds. The standard InChI is InChI=1S/C28H33Cl2N5O4/c1-36-12-10-35-8-6-34(7-9-35)5-4-11-39-27-15-23-20(13-26(27)38-3)28(19(17-31)18-32-23)33-24-16-25(37-2)22(30)14-21(24)29/h13-16,18H,4-12H2,1-3H3,(H,32,33). The predicted octanol–water partition coefficient (Wildman–Crippen LogP) is 5.21. The highest BCUT2D eigenvalue weighted by Crippen LogP contribution is 2.40. The average molecular weight is 575 g/mol. The summed E-state index contributed by atoms with van der Waals surface area (Å²) in [6, 6.07) is 9.12. The molecule has 9 nitrogen and oxygen atoms in total. The monoisotopic (exact) mass is 573 g/mol. The maximum absolute atomic E-state index is 9.78. The second kappa shape index (κ2) is 13.9. The SMILES string of the molecule is COCCN1CCN(CCCOc2cc3ncc(C#N)c(Nc4cc(OC)c(Cl)cc4Cl)c3cc2OC)CC1. The third-order valence-corrected chi connectivity index (χ3v) is 7.34. The predicted molar refractivity (Wildman–Crippen MR) is 154 cm³/mol. The van der Waals surface area contributed by atoms with E-state index in [4.69, 9.17) is 42.1 Å². The van der Waals surface area contributed by atoms with Gasteiger partial charge in [-0.2, -0.15) is 5.26 Å². The Bertz CT molecular complexity index is 1330. The summed E-state index contributed by atoms with van der Waals surface area (Å²) < 4.78 is 22.3. The van der Waals surface area contributed by atoms with E-state index in [0.717, 1.165) is 52.3 Å². The van der Waals surface area contributed by atoms with E-state index >= 15 is 0 Å². The smallest absolute Gasteiger partial charge is 0.163 e. The number of ether oxygens (including phenoxy) is 4. The summed E-state index contributed by atoms with van der Waals surface area (Å²) in [6.45, 7) is 7.49. The van der Waals surface area contributed by atoms with Crippen molar-refractivity contribution >= 4 is 45.5 Å². The normalized spacial score (nSPS) is 14.3. The molecule has 2 heterocycles. The van der Waals surface area contributed by atoms with E-state index in [1.54, 1.807) is 26.4 Å². The van der Waals surface area contributed by atoms with Gasteiger partial charge in [-0.1, -0.05) is 23.2 Å². The van der Waals surface area contributed by atoms with Crippen molar-refractivity contribution in [2.75, 3.05) is 79.1 Å². The van der Waals surface area contributed by atoms with Crippen molar-refractivity contribution in [1.82, 2.24) is 14.8 Å². The van der Waals surface area contributed by atoms with Crippen molar-refractivity contribution in [3.8, 4) is 23.3 Å². The summed E-state index contributed by atoms with van der Waals surface area (Å²) in [5.41, 5.74) is 2.09. The van der Waals surface area contributed by atoms with Crippen molar-refractivity contribution in [2.24, 2.45) is 0 Å². The third kappa shape index (κ3) is 7.15. The van der Waals surface area contributed by atoms with Gasteiger partial charge in [0.1, 0.15) is 11.8 Å². The van der Waals surface area contributed by atoms with Gasteiger partial charge in [0.2, 0.25) is 0 Å². The molecule has 208 valence electrons. The Balaban J connectivity index is 1.47. The van der Waals surface area contributed by atoms with Crippen LogP contribution >= 0.6 is 23.2 Å². The van der Waals surface area contributed by atoms with Gasteiger partial charge in [0.15, 0.2) is 11.5 Å². The van der Waals surface area contributed by atoms with Gasteiger partial charge < -0.3 is 29.2 Å². The summed E-state index contributed by atoms with van der Waals surface area (Å²) in [5.74, 6) is 1.61. The molecule has 0 radical (unpaired) electrons. The maximum Gasteiger partial charge on any atom is 0.163 e. The largest absolute Gasteiger partial charge is 0.495 e. The average Bonchev–Trinajstić information content (AvgIpc) is 2.95. The summed E-state index contributed by atoms with van der Waals surface area (Å²) >= 11 is 12.6. The lowest BCUT2D eigenvalue weighted by atomic mass is 10.1. The van der Waals surface area contributed by atoms with Gasteiger partial charge in [-0.25, -0.2) is 0 Å². The van der Waals surface area contributed by atoms with Crippen molar-refractivity contribution in [1.29, 1.82) is 5.26 Å². The minimum absolute atomic E-state index is 0.352. The zero-order valence-corrected chi connectivity index (χ0v) is 23.9. The highest BCUT2D eigenvalue weighted by molar-refractivity contribution is 6.37. The van der Waals surface area contributed by atoms with Gasteiger partial charge in [0.05, 0.1) is 59.9 Å². The van der Waals surface area contributed by atoms with Gasteiger partial charge in [-0.3, -0.25) is 9.88 Å². The number of anilines is 2. The van der Waals surface area contributed by atoms with Crippen LogP contribution in [0.4, 0.5) is 11.4 Å². The number of fused-ring (bicyclic) bond motifs is 1. The molecule has 1 aliphatic heterocycles. The number of halogens is 2. The molecule has 1 aliphatic rings. The number of nitriles is 1. The summed E-state index contributed by atoms with van der Waals surface area (Å²) in [4.78, 5) is 9.39. The first-order chi connectivity index (χ1) is 19.0. The third-order valence-electron chi connectivity index (χ3n) is 6.73. The Kier molecular flexibility index (Phi) is 10.3. The lowest BCUT2D eigenvalue weighted by Gasteiger charge is -2.34. The molecule has 2 aromatic carbocycles. The van der Waals surface area contributed by atoms with E-state index in [1.807, 2.05) is 12.1 Å². The molecule has 1 N–H and O–H groups in total. The molecule has 3 aromatic rings. The molecular weight excluding hydrogens is 541 g/mol. The number of rotatable bonds is 12. The number of methoxy groups -OCH3 is 3. The van der Waals surface area contributed by atoms with E-state index in [0.29, 0.717) is 61.7 Å². The van der Waals surface area contributed by atoms with Crippen LogP contribution < -0.4 is 19.5 Å². The Hall–Kier alpha value is -3.00. The van der Waals surface area contributed by atoms with Crippen LogP contribution in [0, 0.1) is 11.3 Å². The van der Waals surface area contributed by atoms with Crippen LogP contribution in [-0.4, -0.2) is 88.6 Å². The molecular formula is C28H33Cl2N5O4. The topological polar surface area (TPSA) is 92.1 Å². The number of hydrogen-bond acceptors (Lipinski definition) is 9. The van der Waals surface area contributed by atoms with Crippen LogP contribution in [0.15, 0.2) is 30.5 Å². The molecule has 0 unspecified atom stereocenters. The van der Waals surface area contributed by atoms with E-state index < -0.39 is 0 Å². The zero-order valence-electron chi connectivity index (χ0n) is 22.4. The highest BCUT2D eigenvalue weighted by atomic mass is 35.5. The molecule has 1 aromatic heterocycles. The molecule has 0 bridgehead atoms. The number of nitrogens with one attached hydrogen (secondary N) is 1. The van der Waals surface area contributed by atoms with E-state index in [2.05, 4.69) is 26.2 Å². The van der Waals surface area contributed by atoms with Crippen LogP contribution in [0.2, 0.25) is 10.0 Å². The highest BCUT2D eigenvalue weighted by Gasteiger charge is 2.18. The second-order valence-corrected chi connectivity index (χ2v) is 9.96. The summed E-state index contributed by atoms with van der Waals surface area (Å²) in [5, 5.41) is 14.5. The van der Waals surface area contributed by atoms with E-state index in [9.17, 15) is 5.26 Å². The van der Waals surface area contributed by atoms with Gasteiger partial charge in [0.25, 0.3) is 0 Å². The van der Waals surface area contributed by atoms with E-state index in [1.165, 1.54) is 13.3 Å². The number of benzene rings is 2. The van der Waals surface area contributed by atoms with Gasteiger partial charge in [0, 0.05) is 70.1 Å². The number of hydrogen-bond donors (Lipinski definition) is 1. The first-order valence-corrected chi connectivity index (χ1v) is 13.5. The first kappa shape index (κ1) is 29.0. The Morgan fingerprint density at radius 1 is 0.897 bits per heavy atom. The lowest BCUT2D eigenvalue weighted by Crippen LogP contribution is -2.47. The molecule has 1 saturated heterocycles. The number of piperazine rings is 1. The van der Waals surface area contributed by atoms with Crippen molar-refractivity contribution in [3.63, 3.8) is 0 Å². The van der Waals surface area contributed by atoms with Crippen LogP contribution in [0.1, 0.15) is 12.0 Å². The molecule has 4 rings (SSSR count). The quantitative estimate of drug-likeness (QED) is 0.293. The number of nitrogens with zero attached hydrogens (tertiary/aromatic N) is 4. The molecule has 0 spiro atoms. The zero-order chi connectivity index (χ0) is 27.8. The van der Waals surface area contributed by atoms with Crippen LogP contribution in [-0.2, 0) is 4.74 Å². The van der Waals surface area contributed by atoms with Gasteiger partial charge in [-0.05, 0) is 18.6 Å². The second-order valence-electron chi connectivity index (χ2n) is 9.15. The van der Waals surface area contributed by atoms with Gasteiger partial charge >= 0.3 is 0 Å². The van der Waals surface area contributed by atoms with Crippen molar-refractivity contribution < 1.29 is 18.9 Å². The fourth-order valence-electron chi connectivity index (χ4n) is 4.53. The van der Waals surface area contributed by atoms with Crippen LogP contribution in [0.5, 0.6) is 17.2 Å². The minimum atomic E-state index is 0.352. The molecule has 0 atom stereocenters. The molecule has 0 saturated carbocycles.